The van der Waals surface area contributed by atoms with Gasteiger partial charge < -0.3 is 9.64 Å². The number of piperidine rings is 1. The minimum absolute atomic E-state index is 0.00250. The zero-order valence-corrected chi connectivity index (χ0v) is 18.4. The summed E-state index contributed by atoms with van der Waals surface area (Å²) in [6.07, 6.45) is -2.32. The zero-order valence-electron chi connectivity index (χ0n) is 18.4. The maximum absolute atomic E-state index is 12.8. The average molecular weight is 457 g/mol. The highest BCUT2D eigenvalue weighted by Gasteiger charge is 2.35. The average Bonchev–Trinajstić information content (AvgIpc) is 3.17. The van der Waals surface area contributed by atoms with E-state index >= 15 is 0 Å². The number of halogens is 3. The Morgan fingerprint density at radius 2 is 1.67 bits per heavy atom. The Kier molecular flexibility index (Phi) is 6.72. The van der Waals surface area contributed by atoms with Crippen LogP contribution in [0.5, 0.6) is 5.75 Å². The number of likely N-dealkylation sites (tertiary alicyclic amines) is 1. The van der Waals surface area contributed by atoms with Crippen molar-refractivity contribution in [2.24, 2.45) is 0 Å². The molecule has 2 heterocycles. The number of hydrogen-bond donors (Lipinski definition) is 0. The summed E-state index contributed by atoms with van der Waals surface area (Å²) < 4.78 is 45.7. The minimum atomic E-state index is -4.52. The molecule has 33 heavy (non-hydrogen) atoms. The Morgan fingerprint density at radius 3 is 2.27 bits per heavy atom. The molecule has 0 atom stereocenters. The maximum atomic E-state index is 12.8. The number of amides is 1. The van der Waals surface area contributed by atoms with Crippen molar-refractivity contribution in [2.45, 2.75) is 45.0 Å². The van der Waals surface area contributed by atoms with Gasteiger partial charge in [-0.25, -0.2) is 0 Å². The molecule has 174 valence electrons. The van der Waals surface area contributed by atoms with Crippen molar-refractivity contribution in [2.75, 3.05) is 13.1 Å². The highest BCUT2D eigenvalue weighted by molar-refractivity contribution is 5.76. The Hall–Kier alpha value is -3.29. The van der Waals surface area contributed by atoms with Crippen molar-refractivity contribution in [3.05, 3.63) is 83.2 Å². The van der Waals surface area contributed by atoms with Crippen molar-refractivity contribution >= 4 is 5.91 Å². The molecule has 8 heteroatoms. The molecule has 0 unspecified atom stereocenters. The van der Waals surface area contributed by atoms with Crippen molar-refractivity contribution < 1.29 is 22.7 Å². The molecule has 0 aliphatic carbocycles. The third kappa shape index (κ3) is 5.94. The quantitative estimate of drug-likeness (QED) is 0.531. The Morgan fingerprint density at radius 1 is 1.03 bits per heavy atom. The van der Waals surface area contributed by atoms with E-state index in [0.717, 1.165) is 22.9 Å². The van der Waals surface area contributed by atoms with Crippen LogP contribution < -0.4 is 4.74 Å². The van der Waals surface area contributed by atoms with E-state index in [1.165, 1.54) is 18.1 Å². The zero-order chi connectivity index (χ0) is 23.4. The van der Waals surface area contributed by atoms with Gasteiger partial charge in [0.1, 0.15) is 18.4 Å². The molecule has 3 aromatic rings. The molecule has 0 spiro atoms. The van der Waals surface area contributed by atoms with Gasteiger partial charge >= 0.3 is 6.18 Å². The fraction of sp³-hybridized carbons (Fsp3) is 0.360. The second-order valence-corrected chi connectivity index (χ2v) is 8.33. The topological polar surface area (TPSA) is 47.4 Å². The van der Waals surface area contributed by atoms with Crippen LogP contribution in [0, 0.1) is 6.92 Å². The van der Waals surface area contributed by atoms with Gasteiger partial charge in [0.25, 0.3) is 0 Å². The lowest BCUT2D eigenvalue weighted by Crippen LogP contribution is -2.43. The first kappa shape index (κ1) is 22.9. The van der Waals surface area contributed by atoms with Crippen LogP contribution in [0.25, 0.3) is 0 Å². The highest BCUT2D eigenvalue weighted by atomic mass is 19.4. The molecule has 1 aliphatic rings. The number of benzene rings is 2. The fourth-order valence-electron chi connectivity index (χ4n) is 3.97. The van der Waals surface area contributed by atoms with Crippen LogP contribution in [0.1, 0.15) is 35.4 Å². The highest BCUT2D eigenvalue weighted by Crippen LogP contribution is 2.28. The van der Waals surface area contributed by atoms with Gasteiger partial charge in [0.15, 0.2) is 5.69 Å². The molecule has 0 bridgehead atoms. The van der Waals surface area contributed by atoms with Gasteiger partial charge in [0.2, 0.25) is 5.91 Å². The standard InChI is InChI=1S/C25H26F3N3O2/c1-18-15-23(25(26,27)28)29-31(18)17-24(32)30-13-11-22(12-14-30)33-21-9-7-20(8-10-21)16-19-5-3-2-4-6-19/h2-10,15,22H,11-14,16-17H2,1H3. The van der Waals surface area contributed by atoms with Crippen molar-refractivity contribution in [3.63, 3.8) is 0 Å². The maximum Gasteiger partial charge on any atom is 0.435 e. The smallest absolute Gasteiger partial charge is 0.435 e. The van der Waals surface area contributed by atoms with Crippen molar-refractivity contribution in [3.8, 4) is 5.75 Å². The van der Waals surface area contributed by atoms with Crippen LogP contribution in [-0.4, -0.2) is 39.8 Å². The molecule has 1 aliphatic heterocycles. The summed E-state index contributed by atoms with van der Waals surface area (Å²) in [5, 5.41) is 3.54. The molecule has 4 rings (SSSR count). The predicted molar refractivity (Wildman–Crippen MR) is 118 cm³/mol. The largest absolute Gasteiger partial charge is 0.490 e. The summed E-state index contributed by atoms with van der Waals surface area (Å²) in [5.74, 6) is 0.557. The first-order valence-electron chi connectivity index (χ1n) is 11.0. The van der Waals surface area contributed by atoms with Crippen LogP contribution in [0.4, 0.5) is 13.2 Å². The third-order valence-electron chi connectivity index (χ3n) is 5.83. The lowest BCUT2D eigenvalue weighted by atomic mass is 10.0. The van der Waals surface area contributed by atoms with Gasteiger partial charge in [-0.05, 0) is 42.7 Å². The second kappa shape index (κ2) is 9.68. The molecular weight excluding hydrogens is 431 g/mol. The van der Waals surface area contributed by atoms with E-state index in [9.17, 15) is 18.0 Å². The van der Waals surface area contributed by atoms with E-state index in [2.05, 4.69) is 29.4 Å². The summed E-state index contributed by atoms with van der Waals surface area (Å²) >= 11 is 0. The first-order valence-corrected chi connectivity index (χ1v) is 11.0. The van der Waals surface area contributed by atoms with Crippen LogP contribution >= 0.6 is 0 Å². The number of carbonyl (C=O) groups excluding carboxylic acids is 1. The Balaban J connectivity index is 1.26. The summed E-state index contributed by atoms with van der Waals surface area (Å²) in [6.45, 7) is 2.32. The Labute approximate surface area is 190 Å². The van der Waals surface area contributed by atoms with Gasteiger partial charge in [-0.3, -0.25) is 9.48 Å². The van der Waals surface area contributed by atoms with Crippen LogP contribution in [-0.2, 0) is 23.9 Å². The molecule has 1 aromatic heterocycles. The van der Waals surface area contributed by atoms with Gasteiger partial charge in [0.05, 0.1) is 0 Å². The summed E-state index contributed by atoms with van der Waals surface area (Å²) in [7, 11) is 0. The lowest BCUT2D eigenvalue weighted by molar-refractivity contribution is -0.142. The summed E-state index contributed by atoms with van der Waals surface area (Å²) in [5.41, 5.74) is 1.79. The molecule has 1 amide bonds. The molecular formula is C25H26F3N3O2. The summed E-state index contributed by atoms with van der Waals surface area (Å²) in [6, 6.07) is 19.3. The normalized spacial score (nSPS) is 15.0. The molecule has 0 radical (unpaired) electrons. The van der Waals surface area contributed by atoms with E-state index in [1.54, 1.807) is 4.90 Å². The number of carbonyl (C=O) groups is 1. The summed E-state index contributed by atoms with van der Waals surface area (Å²) in [4.78, 5) is 14.2. The van der Waals surface area contributed by atoms with Crippen LogP contribution in [0.2, 0.25) is 0 Å². The Bertz CT molecular complexity index is 1070. The van der Waals surface area contributed by atoms with E-state index < -0.39 is 11.9 Å². The van der Waals surface area contributed by atoms with Gasteiger partial charge in [-0.15, -0.1) is 0 Å². The first-order chi connectivity index (χ1) is 15.8. The lowest BCUT2D eigenvalue weighted by Gasteiger charge is -2.32. The number of rotatable bonds is 6. The third-order valence-corrected chi connectivity index (χ3v) is 5.83. The van der Waals surface area contributed by atoms with Gasteiger partial charge in [0, 0.05) is 31.6 Å². The van der Waals surface area contributed by atoms with E-state index in [-0.39, 0.29) is 18.6 Å². The number of aromatic nitrogens is 2. The predicted octanol–water partition coefficient (Wildman–Crippen LogP) is 4.87. The number of hydrogen-bond acceptors (Lipinski definition) is 3. The monoisotopic (exact) mass is 457 g/mol. The number of nitrogens with zero attached hydrogens (tertiary/aromatic N) is 3. The van der Waals surface area contributed by atoms with Crippen molar-refractivity contribution in [1.82, 2.24) is 14.7 Å². The second-order valence-electron chi connectivity index (χ2n) is 8.33. The fourth-order valence-corrected chi connectivity index (χ4v) is 3.97. The van der Waals surface area contributed by atoms with Crippen LogP contribution in [0.15, 0.2) is 60.7 Å². The van der Waals surface area contributed by atoms with Gasteiger partial charge in [-0.1, -0.05) is 42.5 Å². The molecule has 0 N–H and O–H groups in total. The minimum Gasteiger partial charge on any atom is -0.490 e. The van der Waals surface area contributed by atoms with E-state index in [0.29, 0.717) is 31.6 Å². The number of ether oxygens (including phenoxy) is 1. The number of alkyl halides is 3. The van der Waals surface area contributed by atoms with E-state index in [1.807, 2.05) is 30.3 Å². The van der Waals surface area contributed by atoms with Crippen LogP contribution in [0.3, 0.4) is 0 Å². The number of aryl methyl sites for hydroxylation is 1. The molecule has 5 nitrogen and oxygen atoms in total. The molecule has 2 aromatic carbocycles. The molecule has 1 saturated heterocycles. The van der Waals surface area contributed by atoms with Gasteiger partial charge in [-0.2, -0.15) is 18.3 Å². The SMILES string of the molecule is Cc1cc(C(F)(F)F)nn1CC(=O)N1CCC(Oc2ccc(Cc3ccccc3)cc2)CC1. The molecule has 0 saturated carbocycles. The van der Waals surface area contributed by atoms with Crippen molar-refractivity contribution in [1.29, 1.82) is 0 Å². The molecule has 1 fully saturated rings. The van der Waals surface area contributed by atoms with E-state index in [4.69, 9.17) is 4.74 Å².